The van der Waals surface area contributed by atoms with Crippen molar-refractivity contribution in [3.8, 4) is 5.82 Å². The molecule has 5 aromatic rings. The number of aryl methyl sites for hydroxylation is 1. The predicted molar refractivity (Wildman–Crippen MR) is 149 cm³/mol. The second kappa shape index (κ2) is 10.7. The molecule has 6 rings (SSSR count). The van der Waals surface area contributed by atoms with Crippen molar-refractivity contribution < 1.29 is 13.9 Å². The summed E-state index contributed by atoms with van der Waals surface area (Å²) in [6, 6.07) is 7.11. The van der Waals surface area contributed by atoms with E-state index in [9.17, 15) is 9.18 Å². The highest BCUT2D eigenvalue weighted by Crippen LogP contribution is 2.40. The van der Waals surface area contributed by atoms with Gasteiger partial charge in [-0.15, -0.1) is 0 Å². The Labute approximate surface area is 235 Å². The van der Waals surface area contributed by atoms with Gasteiger partial charge in [0.25, 0.3) is 5.91 Å². The summed E-state index contributed by atoms with van der Waals surface area (Å²) in [5.74, 6) is 2.03. The normalized spacial score (nSPS) is 19.8. The molecular formula is C28H31FN10O2. The Kier molecular flexibility index (Phi) is 6.95. The number of anilines is 2. The van der Waals surface area contributed by atoms with Crippen LogP contribution < -0.4 is 10.6 Å². The highest BCUT2D eigenvalue weighted by molar-refractivity contribution is 5.87. The van der Waals surface area contributed by atoms with E-state index in [1.807, 2.05) is 38.2 Å². The molecule has 1 atom stereocenters. The molecule has 0 aromatic carbocycles. The van der Waals surface area contributed by atoms with Crippen molar-refractivity contribution in [2.24, 2.45) is 0 Å². The van der Waals surface area contributed by atoms with Crippen molar-refractivity contribution in [3.63, 3.8) is 0 Å². The monoisotopic (exact) mass is 558 g/mol. The molecule has 12 nitrogen and oxygen atoms in total. The molecule has 0 spiro atoms. The van der Waals surface area contributed by atoms with Gasteiger partial charge in [0.15, 0.2) is 23.3 Å². The van der Waals surface area contributed by atoms with Gasteiger partial charge in [-0.05, 0) is 57.2 Å². The van der Waals surface area contributed by atoms with Crippen LogP contribution in [0.1, 0.15) is 61.6 Å². The summed E-state index contributed by atoms with van der Waals surface area (Å²) in [4.78, 5) is 30.7. The molecule has 5 aromatic heterocycles. The molecule has 4 N–H and O–H groups in total. The Balaban J connectivity index is 1.13. The lowest BCUT2D eigenvalue weighted by atomic mass is 9.77. The number of carbonyl (C=O) groups excluding carboxylic acids is 1. The molecule has 5 heterocycles. The topological polar surface area (TPSA) is 151 Å². The maximum Gasteiger partial charge on any atom is 0.252 e. The van der Waals surface area contributed by atoms with Crippen LogP contribution in [0.5, 0.6) is 0 Å². The minimum atomic E-state index is -0.948. The van der Waals surface area contributed by atoms with Gasteiger partial charge in [0.05, 0.1) is 24.0 Å². The van der Waals surface area contributed by atoms with Gasteiger partial charge in [0.1, 0.15) is 16.9 Å². The number of ether oxygens (including phenoxy) is 1. The number of hydrogen-bond donors (Lipinski definition) is 4. The molecule has 1 amide bonds. The van der Waals surface area contributed by atoms with E-state index >= 15 is 0 Å². The molecule has 212 valence electrons. The number of pyridine rings is 1. The van der Waals surface area contributed by atoms with Crippen molar-refractivity contribution in [1.29, 1.82) is 0 Å². The molecule has 0 bridgehead atoms. The number of aromatic nitrogens is 8. The summed E-state index contributed by atoms with van der Waals surface area (Å²) in [7, 11) is 1.58. The summed E-state index contributed by atoms with van der Waals surface area (Å²) in [5.41, 5.74) is 2.44. The number of nitrogens with zero attached hydrogens (tertiary/aromatic N) is 6. The largest absolute Gasteiger partial charge is 0.368 e. The molecular weight excluding hydrogens is 527 g/mol. The molecule has 1 aliphatic carbocycles. The fourth-order valence-electron chi connectivity index (χ4n) is 5.33. The summed E-state index contributed by atoms with van der Waals surface area (Å²) in [6.07, 6.45) is 8.33. The van der Waals surface area contributed by atoms with Gasteiger partial charge in [0, 0.05) is 37.2 Å². The second-order valence-corrected chi connectivity index (χ2v) is 10.5. The molecule has 0 radical (unpaired) electrons. The van der Waals surface area contributed by atoms with Crippen molar-refractivity contribution in [3.05, 3.63) is 72.0 Å². The van der Waals surface area contributed by atoms with Gasteiger partial charge in [-0.25, -0.2) is 24.0 Å². The highest BCUT2D eigenvalue weighted by Gasteiger charge is 2.43. The number of H-pyrrole nitrogens is 2. The lowest BCUT2D eigenvalue weighted by molar-refractivity contribution is -0.148. The third-order valence-electron chi connectivity index (χ3n) is 7.74. The summed E-state index contributed by atoms with van der Waals surface area (Å²) < 4.78 is 20.5. The Morgan fingerprint density at radius 1 is 1.22 bits per heavy atom. The second-order valence-electron chi connectivity index (χ2n) is 10.5. The van der Waals surface area contributed by atoms with Crippen LogP contribution in [-0.4, -0.2) is 58.5 Å². The Hall–Kier alpha value is -4.65. The highest BCUT2D eigenvalue weighted by atomic mass is 19.1. The van der Waals surface area contributed by atoms with E-state index in [0.29, 0.717) is 43.1 Å². The number of rotatable bonds is 8. The maximum absolute atomic E-state index is 13.5. The van der Waals surface area contributed by atoms with E-state index in [0.717, 1.165) is 34.3 Å². The van der Waals surface area contributed by atoms with Crippen LogP contribution in [-0.2, 0) is 9.53 Å². The maximum atomic E-state index is 13.5. The van der Waals surface area contributed by atoms with Crippen molar-refractivity contribution >= 4 is 28.6 Å². The Morgan fingerprint density at radius 2 is 2.05 bits per heavy atom. The minimum absolute atomic E-state index is 0.0770. The van der Waals surface area contributed by atoms with Crippen LogP contribution in [0, 0.1) is 12.7 Å². The van der Waals surface area contributed by atoms with E-state index in [1.165, 1.54) is 10.9 Å². The van der Waals surface area contributed by atoms with Gasteiger partial charge in [-0.3, -0.25) is 9.89 Å². The van der Waals surface area contributed by atoms with E-state index < -0.39 is 11.4 Å². The van der Waals surface area contributed by atoms with Gasteiger partial charge >= 0.3 is 0 Å². The van der Waals surface area contributed by atoms with Crippen molar-refractivity contribution in [2.75, 3.05) is 12.4 Å². The SMILES string of the molecule is COC1(C(=O)N[C@@H](C)c2ccc(-n3cc(F)cn3)nc2)CCC(c2nc(Nc3cc(C)[nH]n3)c3[nH]ccc3n2)CC1. The number of amides is 1. The average Bonchev–Trinajstić information content (AvgIpc) is 3.74. The number of fused-ring (bicyclic) bond motifs is 1. The van der Waals surface area contributed by atoms with E-state index in [-0.39, 0.29) is 17.9 Å². The first-order chi connectivity index (χ1) is 19.8. The molecule has 41 heavy (non-hydrogen) atoms. The lowest BCUT2D eigenvalue weighted by Gasteiger charge is -2.38. The Morgan fingerprint density at radius 3 is 2.71 bits per heavy atom. The predicted octanol–water partition coefficient (Wildman–Crippen LogP) is 4.37. The standard InChI is InChI=1S/C28H31FN10O2/c1-16-12-22(38-37-16)35-26-24-21(8-11-30-24)34-25(36-26)18-6-9-28(41-3,10-7-18)27(40)33-17(2)19-4-5-23(31-13-19)39-15-20(29)14-32-39/h4-5,8,11-15,17-18,30H,6-7,9-10H2,1-3H3,(H,33,40)(H2,34,35,36,37,38)/t17-,18?,28?/m0/s1. The number of nitrogens with one attached hydrogen (secondary N) is 4. The van der Waals surface area contributed by atoms with E-state index in [1.54, 1.807) is 19.4 Å². The van der Waals surface area contributed by atoms with Crippen LogP contribution in [0.25, 0.3) is 16.9 Å². The smallest absolute Gasteiger partial charge is 0.252 e. The molecule has 1 saturated carbocycles. The zero-order valence-electron chi connectivity index (χ0n) is 23.0. The summed E-state index contributed by atoms with van der Waals surface area (Å²) in [6.45, 7) is 3.83. The molecule has 1 fully saturated rings. The average molecular weight is 559 g/mol. The van der Waals surface area contributed by atoms with Gasteiger partial charge in [-0.2, -0.15) is 10.2 Å². The van der Waals surface area contributed by atoms with Crippen LogP contribution in [0.15, 0.2) is 49.1 Å². The molecule has 0 saturated heterocycles. The van der Waals surface area contributed by atoms with Gasteiger partial charge in [-0.1, -0.05) is 6.07 Å². The first-order valence-corrected chi connectivity index (χ1v) is 13.5. The van der Waals surface area contributed by atoms with Gasteiger partial charge < -0.3 is 20.4 Å². The van der Waals surface area contributed by atoms with E-state index in [2.05, 4.69) is 35.9 Å². The first-order valence-electron chi connectivity index (χ1n) is 13.5. The molecule has 0 aliphatic heterocycles. The number of aromatic amines is 2. The number of carbonyl (C=O) groups is 1. The van der Waals surface area contributed by atoms with Crippen molar-refractivity contribution in [1.82, 2.24) is 45.2 Å². The number of hydrogen-bond acceptors (Lipinski definition) is 8. The Bertz CT molecular complexity index is 1670. The van der Waals surface area contributed by atoms with Gasteiger partial charge in [0.2, 0.25) is 0 Å². The first kappa shape index (κ1) is 26.6. The van der Waals surface area contributed by atoms with E-state index in [4.69, 9.17) is 14.7 Å². The third-order valence-corrected chi connectivity index (χ3v) is 7.74. The molecule has 1 aliphatic rings. The molecule has 13 heteroatoms. The van der Waals surface area contributed by atoms with Crippen LogP contribution in [0.4, 0.5) is 16.0 Å². The fourth-order valence-corrected chi connectivity index (χ4v) is 5.33. The third kappa shape index (κ3) is 5.27. The zero-order chi connectivity index (χ0) is 28.6. The zero-order valence-corrected chi connectivity index (χ0v) is 23.0. The number of halogens is 1. The minimum Gasteiger partial charge on any atom is -0.368 e. The lowest BCUT2D eigenvalue weighted by Crippen LogP contribution is -2.50. The van der Waals surface area contributed by atoms with Crippen LogP contribution in [0.2, 0.25) is 0 Å². The summed E-state index contributed by atoms with van der Waals surface area (Å²) >= 11 is 0. The quantitative estimate of drug-likeness (QED) is 0.219. The molecule has 0 unspecified atom stereocenters. The van der Waals surface area contributed by atoms with Crippen molar-refractivity contribution in [2.45, 2.75) is 57.1 Å². The van der Waals surface area contributed by atoms with Crippen LogP contribution >= 0.6 is 0 Å². The number of methoxy groups -OCH3 is 1. The van der Waals surface area contributed by atoms with Crippen LogP contribution in [0.3, 0.4) is 0 Å². The summed E-state index contributed by atoms with van der Waals surface area (Å²) in [5, 5.41) is 17.5. The fraction of sp³-hybridized carbons (Fsp3) is 0.357.